The molecule has 0 aromatic heterocycles. The molecule has 0 bridgehead atoms. The second-order valence-corrected chi connectivity index (χ2v) is 58.2. The van der Waals surface area contributed by atoms with Gasteiger partial charge >= 0.3 is 0 Å². The van der Waals surface area contributed by atoms with E-state index in [4.69, 9.17) is 0 Å². The molecular formula is C62H82Si6. The number of benzene rings is 8. The van der Waals surface area contributed by atoms with E-state index < -0.39 is 48.4 Å². The zero-order valence-electron chi connectivity index (χ0n) is 46.0. The van der Waals surface area contributed by atoms with Crippen molar-refractivity contribution in [1.82, 2.24) is 0 Å². The lowest BCUT2D eigenvalue weighted by Crippen LogP contribution is -2.45. The van der Waals surface area contributed by atoms with Gasteiger partial charge in [0.05, 0.1) is 48.4 Å². The summed E-state index contributed by atoms with van der Waals surface area (Å²) >= 11 is 0. The van der Waals surface area contributed by atoms with E-state index in [-0.39, 0.29) is 5.41 Å². The van der Waals surface area contributed by atoms with Gasteiger partial charge in [0.1, 0.15) is 0 Å². The standard InChI is InChI=1S/C62H82Si6/c1-62(2,3)45-24-22-41(23-25-45)56-39-57(42-30-46(63(4,5)6)36-47(31-42)64(7,8)9)53-28-29-55-59(44-34-50(67(16,17)18)38-51(35-44)68(19,20)21)40-58(54-27-26-52(56)60(53)61(54)55)43-32-48(65(10,11)12)37-49(33-43)66(13,14)15/h22-40H,1-21H3. The molecule has 8 aromatic rings. The van der Waals surface area contributed by atoms with Gasteiger partial charge in [0.15, 0.2) is 0 Å². The smallest absolute Gasteiger partial charge is 0.0656 e. The van der Waals surface area contributed by atoms with Gasteiger partial charge in [-0.3, -0.25) is 0 Å². The predicted octanol–water partition coefficient (Wildman–Crippen LogP) is 15.8. The van der Waals surface area contributed by atoms with Gasteiger partial charge in [-0.15, -0.1) is 0 Å². The van der Waals surface area contributed by atoms with Crippen molar-refractivity contribution in [3.05, 3.63) is 121 Å². The second-order valence-electron chi connectivity index (χ2n) is 27.7. The van der Waals surface area contributed by atoms with Crippen LogP contribution in [0.1, 0.15) is 26.3 Å². The first-order chi connectivity index (χ1) is 31.1. The Bertz CT molecular complexity index is 3040. The molecule has 68 heavy (non-hydrogen) atoms. The van der Waals surface area contributed by atoms with Crippen LogP contribution in [0.2, 0.25) is 118 Å². The maximum absolute atomic E-state index is 2.63. The first-order valence-corrected chi connectivity index (χ1v) is 46.5. The summed E-state index contributed by atoms with van der Waals surface area (Å²) in [6.45, 7) is 52.4. The topological polar surface area (TPSA) is 0 Å². The van der Waals surface area contributed by atoms with E-state index in [0.717, 1.165) is 0 Å². The van der Waals surface area contributed by atoms with Gasteiger partial charge in [-0.2, -0.15) is 0 Å². The highest BCUT2D eigenvalue weighted by Gasteiger charge is 2.30. The quantitative estimate of drug-likeness (QED) is 0.0946. The Morgan fingerprint density at radius 2 is 0.471 bits per heavy atom. The molecule has 6 heteroatoms. The van der Waals surface area contributed by atoms with E-state index in [1.165, 1.54) is 82.4 Å². The van der Waals surface area contributed by atoms with Crippen LogP contribution in [0.25, 0.3) is 76.8 Å². The van der Waals surface area contributed by atoms with Crippen molar-refractivity contribution in [1.29, 1.82) is 0 Å². The van der Waals surface area contributed by atoms with E-state index in [1.54, 1.807) is 31.1 Å². The highest BCUT2D eigenvalue weighted by Crippen LogP contribution is 2.48. The highest BCUT2D eigenvalue weighted by atomic mass is 28.3. The van der Waals surface area contributed by atoms with Crippen LogP contribution < -0.4 is 31.1 Å². The summed E-state index contributed by atoms with van der Waals surface area (Å²) in [4.78, 5) is 0. The fourth-order valence-corrected chi connectivity index (χ4v) is 17.5. The molecule has 0 aliphatic carbocycles. The van der Waals surface area contributed by atoms with E-state index in [9.17, 15) is 0 Å². The Morgan fingerprint density at radius 3 is 0.676 bits per heavy atom. The van der Waals surface area contributed by atoms with Crippen LogP contribution >= 0.6 is 0 Å². The molecule has 0 spiro atoms. The molecule has 0 saturated heterocycles. The molecule has 354 valence electrons. The molecule has 0 unspecified atom stereocenters. The predicted molar refractivity (Wildman–Crippen MR) is 328 cm³/mol. The molecule has 0 aliphatic heterocycles. The number of hydrogen-bond acceptors (Lipinski definition) is 0. The Labute approximate surface area is 418 Å². The van der Waals surface area contributed by atoms with Gasteiger partial charge in [0, 0.05) is 0 Å². The van der Waals surface area contributed by atoms with Gasteiger partial charge in [-0.05, 0) is 99.9 Å². The summed E-state index contributed by atoms with van der Waals surface area (Å²) in [6.07, 6.45) is 0. The van der Waals surface area contributed by atoms with Crippen LogP contribution in [-0.2, 0) is 5.41 Å². The van der Waals surface area contributed by atoms with Crippen LogP contribution in [0.4, 0.5) is 0 Å². The molecule has 0 nitrogen and oxygen atoms in total. The average Bonchev–Trinajstić information content (AvgIpc) is 3.22. The Kier molecular flexibility index (Phi) is 12.5. The third-order valence-corrected chi connectivity index (χ3v) is 27.0. The van der Waals surface area contributed by atoms with E-state index in [1.807, 2.05) is 0 Å². The van der Waals surface area contributed by atoms with Gasteiger partial charge in [-0.25, -0.2) is 0 Å². The molecular weight excluding hydrogens is 913 g/mol. The van der Waals surface area contributed by atoms with Crippen molar-refractivity contribution in [2.45, 2.75) is 144 Å². The third-order valence-electron chi connectivity index (χ3n) is 14.9. The summed E-state index contributed by atoms with van der Waals surface area (Å²) in [5, 5.41) is 17.6. The highest BCUT2D eigenvalue weighted by molar-refractivity contribution is 6.93. The van der Waals surface area contributed by atoms with Crippen LogP contribution in [0.15, 0.2) is 115 Å². The van der Waals surface area contributed by atoms with Gasteiger partial charge in [0.2, 0.25) is 0 Å². The van der Waals surface area contributed by atoms with Gasteiger partial charge < -0.3 is 0 Å². The van der Waals surface area contributed by atoms with Crippen LogP contribution in [0, 0.1) is 0 Å². The lowest BCUT2D eigenvalue weighted by atomic mass is 9.81. The fraction of sp³-hybridized carbons (Fsp3) is 0.355. The maximum Gasteiger partial charge on any atom is 0.0776 e. The van der Waals surface area contributed by atoms with Gasteiger partial charge in [-0.1, -0.05) is 273 Å². The summed E-state index contributed by atoms with van der Waals surface area (Å²) in [7, 11) is -10.1. The minimum Gasteiger partial charge on any atom is -0.0656 e. The molecule has 0 N–H and O–H groups in total. The number of rotatable bonds is 10. The average molecular weight is 996 g/mol. The molecule has 0 saturated carbocycles. The van der Waals surface area contributed by atoms with Crippen molar-refractivity contribution < 1.29 is 0 Å². The summed E-state index contributed by atoms with van der Waals surface area (Å²) in [5.41, 5.74) is 12.3. The van der Waals surface area contributed by atoms with E-state index in [2.05, 4.69) is 254 Å². The van der Waals surface area contributed by atoms with Crippen molar-refractivity contribution >= 4 is 112 Å². The SMILES string of the molecule is CC(C)(C)c1ccc(-c2cc(-c3cc([Si](C)(C)C)cc([Si](C)(C)C)c3)c3ccc4c(-c5cc([Si](C)(C)C)cc([Si](C)(C)C)c5)cc(-c5cc([Si](C)(C)C)cc([Si](C)(C)C)c5)c5ccc2c3c54)cc1. The molecule has 8 aromatic carbocycles. The zero-order valence-corrected chi connectivity index (χ0v) is 52.0. The third kappa shape index (κ3) is 9.76. The largest absolute Gasteiger partial charge is 0.0776 e. The minimum absolute atomic E-state index is 0.0773. The Morgan fingerprint density at radius 1 is 0.250 bits per heavy atom. The summed E-state index contributed by atoms with van der Waals surface area (Å²) in [6, 6.07) is 48.2. The van der Waals surface area contributed by atoms with Gasteiger partial charge in [0.25, 0.3) is 0 Å². The van der Waals surface area contributed by atoms with Crippen molar-refractivity contribution in [2.75, 3.05) is 0 Å². The molecule has 0 radical (unpaired) electrons. The first-order valence-electron chi connectivity index (χ1n) is 25.5. The van der Waals surface area contributed by atoms with E-state index >= 15 is 0 Å². The lowest BCUT2D eigenvalue weighted by molar-refractivity contribution is 0.590. The first kappa shape index (κ1) is 50.5. The second kappa shape index (κ2) is 16.9. The Hall–Kier alpha value is -3.90. The normalized spacial score (nSPS) is 13.7. The molecule has 0 amide bonds. The number of hydrogen-bond donors (Lipinski definition) is 0. The molecule has 0 atom stereocenters. The summed E-state index contributed by atoms with van der Waals surface area (Å²) in [5.74, 6) is 0. The molecule has 0 heterocycles. The van der Waals surface area contributed by atoms with Crippen molar-refractivity contribution in [3.63, 3.8) is 0 Å². The molecule has 8 rings (SSSR count). The monoisotopic (exact) mass is 995 g/mol. The van der Waals surface area contributed by atoms with Crippen molar-refractivity contribution in [2.24, 2.45) is 0 Å². The molecule has 0 aliphatic rings. The maximum atomic E-state index is 2.63. The van der Waals surface area contributed by atoms with E-state index in [0.29, 0.717) is 0 Å². The van der Waals surface area contributed by atoms with Crippen LogP contribution in [-0.4, -0.2) is 48.4 Å². The minimum atomic E-state index is -1.68. The zero-order chi connectivity index (χ0) is 50.1. The van der Waals surface area contributed by atoms with Crippen LogP contribution in [0.3, 0.4) is 0 Å². The molecule has 0 fully saturated rings. The lowest BCUT2D eigenvalue weighted by Gasteiger charge is -2.27. The Balaban J connectivity index is 1.62. The summed E-state index contributed by atoms with van der Waals surface area (Å²) < 4.78 is 0. The van der Waals surface area contributed by atoms with Crippen molar-refractivity contribution in [3.8, 4) is 44.5 Å². The van der Waals surface area contributed by atoms with Crippen LogP contribution in [0.5, 0.6) is 0 Å². The fourth-order valence-electron chi connectivity index (χ4n) is 10.0.